The molecule has 17 heavy (non-hydrogen) atoms. The van der Waals surface area contributed by atoms with E-state index in [1.54, 1.807) is 0 Å². The molecule has 0 bridgehead atoms. The fourth-order valence-corrected chi connectivity index (χ4v) is 1.87. The molecule has 0 aromatic carbocycles. The SMILES string of the molecule is CCCC(CO)NC(=O)CCCCCC(C)C. The third-order valence-electron chi connectivity index (χ3n) is 2.91. The summed E-state index contributed by atoms with van der Waals surface area (Å²) >= 11 is 0. The van der Waals surface area contributed by atoms with Crippen molar-refractivity contribution < 1.29 is 9.90 Å². The Labute approximate surface area is 106 Å². The molecule has 1 amide bonds. The number of nitrogens with one attached hydrogen (secondary N) is 1. The molecule has 102 valence electrons. The standard InChI is InChI=1S/C14H29NO2/c1-4-8-13(11-16)15-14(17)10-7-5-6-9-12(2)3/h12-13,16H,4-11H2,1-3H3,(H,15,17). The van der Waals surface area contributed by atoms with Crippen LogP contribution in [0.1, 0.15) is 65.7 Å². The van der Waals surface area contributed by atoms with Gasteiger partial charge in [0.15, 0.2) is 0 Å². The van der Waals surface area contributed by atoms with E-state index in [9.17, 15) is 4.79 Å². The first-order chi connectivity index (χ1) is 8.10. The zero-order valence-electron chi connectivity index (χ0n) is 11.7. The minimum absolute atomic E-state index is 0.0485. The molecule has 0 aromatic rings. The zero-order chi connectivity index (χ0) is 13.1. The van der Waals surface area contributed by atoms with Crippen molar-refractivity contribution >= 4 is 5.91 Å². The molecule has 0 rings (SSSR count). The maximum absolute atomic E-state index is 11.6. The van der Waals surface area contributed by atoms with Crippen LogP contribution in [0.25, 0.3) is 0 Å². The van der Waals surface area contributed by atoms with Gasteiger partial charge in [0, 0.05) is 6.42 Å². The van der Waals surface area contributed by atoms with E-state index in [1.807, 2.05) is 0 Å². The molecule has 0 aliphatic rings. The van der Waals surface area contributed by atoms with Crippen LogP contribution in [-0.2, 0) is 4.79 Å². The van der Waals surface area contributed by atoms with Crippen LogP contribution in [0.5, 0.6) is 0 Å². The Bertz CT molecular complexity index is 193. The van der Waals surface area contributed by atoms with Gasteiger partial charge in [0.2, 0.25) is 5.91 Å². The maximum Gasteiger partial charge on any atom is 0.220 e. The number of unbranched alkanes of at least 4 members (excludes halogenated alkanes) is 2. The van der Waals surface area contributed by atoms with Crippen molar-refractivity contribution in [3.05, 3.63) is 0 Å². The number of aliphatic hydroxyl groups is 1. The first-order valence-electron chi connectivity index (χ1n) is 7.00. The Morgan fingerprint density at radius 3 is 2.41 bits per heavy atom. The van der Waals surface area contributed by atoms with Gasteiger partial charge in [-0.15, -0.1) is 0 Å². The lowest BCUT2D eigenvalue weighted by Crippen LogP contribution is -2.37. The molecule has 2 N–H and O–H groups in total. The Kier molecular flexibility index (Phi) is 10.2. The van der Waals surface area contributed by atoms with Gasteiger partial charge in [0.25, 0.3) is 0 Å². The zero-order valence-corrected chi connectivity index (χ0v) is 11.7. The lowest BCUT2D eigenvalue weighted by molar-refractivity contribution is -0.122. The van der Waals surface area contributed by atoms with E-state index in [0.717, 1.165) is 31.6 Å². The van der Waals surface area contributed by atoms with Crippen LogP contribution < -0.4 is 5.32 Å². The number of carbonyl (C=O) groups excluding carboxylic acids is 1. The summed E-state index contributed by atoms with van der Waals surface area (Å²) in [7, 11) is 0. The van der Waals surface area contributed by atoms with E-state index in [1.165, 1.54) is 12.8 Å². The second kappa shape index (κ2) is 10.6. The highest BCUT2D eigenvalue weighted by Crippen LogP contribution is 2.09. The van der Waals surface area contributed by atoms with Crippen LogP contribution in [0, 0.1) is 5.92 Å². The number of carbonyl (C=O) groups is 1. The average molecular weight is 243 g/mol. The fourth-order valence-electron chi connectivity index (χ4n) is 1.87. The number of aliphatic hydroxyl groups excluding tert-OH is 1. The van der Waals surface area contributed by atoms with Crippen molar-refractivity contribution in [2.45, 2.75) is 71.8 Å². The summed E-state index contributed by atoms with van der Waals surface area (Å²) < 4.78 is 0. The summed E-state index contributed by atoms with van der Waals surface area (Å²) in [5.74, 6) is 0.842. The van der Waals surface area contributed by atoms with Crippen LogP contribution in [0.2, 0.25) is 0 Å². The molecule has 0 radical (unpaired) electrons. The van der Waals surface area contributed by atoms with Crippen LogP contribution in [0.15, 0.2) is 0 Å². The van der Waals surface area contributed by atoms with Gasteiger partial charge in [-0.1, -0.05) is 46.5 Å². The summed E-state index contributed by atoms with van der Waals surface area (Å²) in [6.07, 6.45) is 6.99. The van der Waals surface area contributed by atoms with Gasteiger partial charge in [0.1, 0.15) is 0 Å². The van der Waals surface area contributed by atoms with E-state index in [2.05, 4.69) is 26.1 Å². The molecule has 0 aliphatic carbocycles. The lowest BCUT2D eigenvalue weighted by Gasteiger charge is -2.15. The second-order valence-electron chi connectivity index (χ2n) is 5.23. The van der Waals surface area contributed by atoms with Gasteiger partial charge in [-0.2, -0.15) is 0 Å². The van der Waals surface area contributed by atoms with Crippen LogP contribution >= 0.6 is 0 Å². The van der Waals surface area contributed by atoms with Gasteiger partial charge in [0.05, 0.1) is 12.6 Å². The molecule has 3 nitrogen and oxygen atoms in total. The quantitative estimate of drug-likeness (QED) is 0.580. The first kappa shape index (κ1) is 16.4. The van der Waals surface area contributed by atoms with Crippen LogP contribution in [0.3, 0.4) is 0 Å². The Balaban J connectivity index is 3.51. The predicted molar refractivity (Wildman–Crippen MR) is 71.8 cm³/mol. The molecule has 0 saturated carbocycles. The summed E-state index contributed by atoms with van der Waals surface area (Å²) in [5, 5.41) is 11.9. The molecule has 1 atom stereocenters. The van der Waals surface area contributed by atoms with Crippen molar-refractivity contribution in [2.24, 2.45) is 5.92 Å². The van der Waals surface area contributed by atoms with Gasteiger partial charge in [-0.05, 0) is 18.8 Å². The maximum atomic E-state index is 11.6. The average Bonchev–Trinajstić information content (AvgIpc) is 2.27. The molecule has 0 heterocycles. The van der Waals surface area contributed by atoms with Crippen LogP contribution in [-0.4, -0.2) is 23.7 Å². The number of hydrogen-bond donors (Lipinski definition) is 2. The van der Waals surface area contributed by atoms with Gasteiger partial charge >= 0.3 is 0 Å². The minimum Gasteiger partial charge on any atom is -0.394 e. The smallest absolute Gasteiger partial charge is 0.220 e. The van der Waals surface area contributed by atoms with Gasteiger partial charge in [-0.3, -0.25) is 4.79 Å². The summed E-state index contributed by atoms with van der Waals surface area (Å²) in [6, 6.07) is -0.0526. The monoisotopic (exact) mass is 243 g/mol. The Morgan fingerprint density at radius 1 is 1.18 bits per heavy atom. The summed E-state index contributed by atoms with van der Waals surface area (Å²) in [5.41, 5.74) is 0. The van der Waals surface area contributed by atoms with Gasteiger partial charge < -0.3 is 10.4 Å². The van der Waals surface area contributed by atoms with Crippen molar-refractivity contribution in [3.63, 3.8) is 0 Å². The molecule has 0 aromatic heterocycles. The van der Waals surface area contributed by atoms with Crippen molar-refractivity contribution in [1.82, 2.24) is 5.32 Å². The Morgan fingerprint density at radius 2 is 1.88 bits per heavy atom. The third kappa shape index (κ3) is 10.3. The second-order valence-corrected chi connectivity index (χ2v) is 5.23. The molecule has 0 spiro atoms. The molecule has 1 unspecified atom stereocenters. The number of amides is 1. The van der Waals surface area contributed by atoms with E-state index in [0.29, 0.717) is 6.42 Å². The fraction of sp³-hybridized carbons (Fsp3) is 0.929. The summed E-state index contributed by atoms with van der Waals surface area (Å²) in [6.45, 7) is 6.56. The molecule has 0 fully saturated rings. The molecule has 0 aliphatic heterocycles. The normalized spacial score (nSPS) is 12.8. The summed E-state index contributed by atoms with van der Waals surface area (Å²) in [4.78, 5) is 11.6. The highest BCUT2D eigenvalue weighted by molar-refractivity contribution is 5.76. The van der Waals surface area contributed by atoms with Crippen molar-refractivity contribution in [2.75, 3.05) is 6.61 Å². The van der Waals surface area contributed by atoms with E-state index in [-0.39, 0.29) is 18.6 Å². The number of rotatable bonds is 10. The largest absolute Gasteiger partial charge is 0.394 e. The van der Waals surface area contributed by atoms with E-state index >= 15 is 0 Å². The Hall–Kier alpha value is -0.570. The lowest BCUT2D eigenvalue weighted by atomic mass is 10.0. The van der Waals surface area contributed by atoms with Crippen molar-refractivity contribution in [3.8, 4) is 0 Å². The topological polar surface area (TPSA) is 49.3 Å². The van der Waals surface area contributed by atoms with E-state index in [4.69, 9.17) is 5.11 Å². The number of hydrogen-bond acceptors (Lipinski definition) is 2. The highest BCUT2D eigenvalue weighted by Gasteiger charge is 2.09. The van der Waals surface area contributed by atoms with Gasteiger partial charge in [-0.25, -0.2) is 0 Å². The minimum atomic E-state index is -0.0526. The molecule has 0 saturated heterocycles. The molecular weight excluding hydrogens is 214 g/mol. The molecule has 3 heteroatoms. The van der Waals surface area contributed by atoms with E-state index < -0.39 is 0 Å². The van der Waals surface area contributed by atoms with Crippen molar-refractivity contribution in [1.29, 1.82) is 0 Å². The molecular formula is C14H29NO2. The van der Waals surface area contributed by atoms with Crippen LogP contribution in [0.4, 0.5) is 0 Å². The third-order valence-corrected chi connectivity index (χ3v) is 2.91. The highest BCUT2D eigenvalue weighted by atomic mass is 16.3. The first-order valence-corrected chi connectivity index (χ1v) is 7.00. The predicted octanol–water partition coefficient (Wildman–Crippen LogP) is 2.87.